The zero-order valence-electron chi connectivity index (χ0n) is 9.92. The molecule has 0 amide bonds. The summed E-state index contributed by atoms with van der Waals surface area (Å²) < 4.78 is 6.70. The molecule has 0 saturated heterocycles. The van der Waals surface area contributed by atoms with Crippen LogP contribution in [0.4, 0.5) is 5.69 Å². The van der Waals surface area contributed by atoms with Gasteiger partial charge in [-0.05, 0) is 54.9 Å². The summed E-state index contributed by atoms with van der Waals surface area (Å²) >= 11 is 5.27. The number of hydrogen-bond acceptors (Lipinski definition) is 3. The number of benzene rings is 1. The number of nitrogen functional groups attached to an aromatic ring is 1. The molecule has 0 heterocycles. The largest absolute Gasteiger partial charge is 0.399 e. The molecule has 90 valence electrons. The van der Waals surface area contributed by atoms with E-state index in [9.17, 15) is 0 Å². The molecule has 0 aromatic heterocycles. The van der Waals surface area contributed by atoms with Gasteiger partial charge in [0.1, 0.15) is 0 Å². The molecule has 0 atom stereocenters. The Kier molecular flexibility index (Phi) is 5.15. The Balaban J connectivity index is 2.38. The molecule has 0 saturated carbocycles. The van der Waals surface area contributed by atoms with E-state index in [1.54, 1.807) is 11.8 Å². The van der Waals surface area contributed by atoms with Crippen molar-refractivity contribution in [1.29, 1.82) is 0 Å². The summed E-state index contributed by atoms with van der Waals surface area (Å²) in [7, 11) is 0. The van der Waals surface area contributed by atoms with Crippen molar-refractivity contribution in [2.45, 2.75) is 31.3 Å². The third-order valence-electron chi connectivity index (χ3n) is 1.83. The molecule has 1 rings (SSSR count). The Labute approximate surface area is 110 Å². The normalized spacial score (nSPS) is 11.8. The second-order valence-corrected chi connectivity index (χ2v) is 6.49. The van der Waals surface area contributed by atoms with E-state index in [1.165, 1.54) is 4.90 Å². The van der Waals surface area contributed by atoms with E-state index < -0.39 is 0 Å². The van der Waals surface area contributed by atoms with Crippen molar-refractivity contribution in [3.63, 3.8) is 0 Å². The molecule has 0 aliphatic heterocycles. The highest BCUT2D eigenvalue weighted by atomic mass is 79.9. The predicted molar refractivity (Wildman–Crippen MR) is 75.0 cm³/mol. The van der Waals surface area contributed by atoms with Crippen LogP contribution in [0.25, 0.3) is 0 Å². The molecule has 1 aromatic rings. The Hall–Kier alpha value is -0.190. The van der Waals surface area contributed by atoms with Crippen LogP contribution in [0.2, 0.25) is 0 Å². The number of nitrogens with two attached hydrogens (primary N) is 1. The maximum atomic E-state index is 5.68. The standard InChI is InChI=1S/C12H18BrNOS/c1-12(2,3)15-6-7-16-11-5-4-9(14)8-10(11)13/h4-5,8H,6-7,14H2,1-3H3. The highest BCUT2D eigenvalue weighted by Crippen LogP contribution is 2.29. The number of thioether (sulfide) groups is 1. The zero-order chi connectivity index (χ0) is 12.2. The van der Waals surface area contributed by atoms with Crippen molar-refractivity contribution >= 4 is 33.4 Å². The van der Waals surface area contributed by atoms with Crippen LogP contribution in [0.5, 0.6) is 0 Å². The minimum Gasteiger partial charge on any atom is -0.399 e. The van der Waals surface area contributed by atoms with Crippen molar-refractivity contribution in [1.82, 2.24) is 0 Å². The zero-order valence-corrected chi connectivity index (χ0v) is 12.3. The Bertz CT molecular complexity index is 349. The molecule has 16 heavy (non-hydrogen) atoms. The SMILES string of the molecule is CC(C)(C)OCCSc1ccc(N)cc1Br. The topological polar surface area (TPSA) is 35.2 Å². The molecule has 0 spiro atoms. The van der Waals surface area contributed by atoms with Crippen molar-refractivity contribution < 1.29 is 4.74 Å². The molecule has 0 bridgehead atoms. The van der Waals surface area contributed by atoms with Crippen LogP contribution in [-0.2, 0) is 4.74 Å². The smallest absolute Gasteiger partial charge is 0.0598 e. The van der Waals surface area contributed by atoms with Crippen LogP contribution < -0.4 is 5.73 Å². The van der Waals surface area contributed by atoms with Crippen LogP contribution in [0.1, 0.15) is 20.8 Å². The van der Waals surface area contributed by atoms with Gasteiger partial charge in [0.05, 0.1) is 12.2 Å². The lowest BCUT2D eigenvalue weighted by Crippen LogP contribution is -2.20. The molecule has 0 fully saturated rings. The molecular formula is C12H18BrNOS. The van der Waals surface area contributed by atoms with Gasteiger partial charge in [0.2, 0.25) is 0 Å². The van der Waals surface area contributed by atoms with Crippen molar-refractivity contribution in [2.75, 3.05) is 18.1 Å². The van der Waals surface area contributed by atoms with Gasteiger partial charge in [-0.1, -0.05) is 0 Å². The van der Waals surface area contributed by atoms with Gasteiger partial charge in [-0.3, -0.25) is 0 Å². The van der Waals surface area contributed by atoms with E-state index in [-0.39, 0.29) is 5.60 Å². The average molecular weight is 304 g/mol. The first kappa shape index (κ1) is 13.9. The summed E-state index contributed by atoms with van der Waals surface area (Å²) in [6, 6.07) is 5.87. The number of rotatable bonds is 4. The highest BCUT2D eigenvalue weighted by Gasteiger charge is 2.09. The summed E-state index contributed by atoms with van der Waals surface area (Å²) in [5, 5.41) is 0. The first-order chi connectivity index (χ1) is 7.38. The molecule has 0 unspecified atom stereocenters. The maximum absolute atomic E-state index is 5.68. The number of hydrogen-bond donors (Lipinski definition) is 1. The summed E-state index contributed by atoms with van der Waals surface area (Å²) in [4.78, 5) is 1.20. The number of halogens is 1. The van der Waals surface area contributed by atoms with Crippen LogP contribution in [0.15, 0.2) is 27.6 Å². The summed E-state index contributed by atoms with van der Waals surface area (Å²) in [5.74, 6) is 0.944. The van der Waals surface area contributed by atoms with Crippen molar-refractivity contribution in [3.8, 4) is 0 Å². The second kappa shape index (κ2) is 5.94. The van der Waals surface area contributed by atoms with Gasteiger partial charge in [-0.25, -0.2) is 0 Å². The van der Waals surface area contributed by atoms with Gasteiger partial charge in [0.15, 0.2) is 0 Å². The molecule has 0 aliphatic carbocycles. The lowest BCUT2D eigenvalue weighted by Gasteiger charge is -2.19. The Morgan fingerprint density at radius 2 is 2.06 bits per heavy atom. The fourth-order valence-electron chi connectivity index (χ4n) is 1.13. The van der Waals surface area contributed by atoms with Crippen LogP contribution in [0, 0.1) is 0 Å². The monoisotopic (exact) mass is 303 g/mol. The lowest BCUT2D eigenvalue weighted by molar-refractivity contribution is 0.00695. The number of anilines is 1. The molecule has 2 N–H and O–H groups in total. The summed E-state index contributed by atoms with van der Waals surface area (Å²) in [6.45, 7) is 6.95. The first-order valence-electron chi connectivity index (χ1n) is 5.20. The molecular weight excluding hydrogens is 286 g/mol. The summed E-state index contributed by atoms with van der Waals surface area (Å²) in [6.07, 6.45) is 0. The third kappa shape index (κ3) is 5.23. The van der Waals surface area contributed by atoms with Gasteiger partial charge in [0, 0.05) is 20.8 Å². The summed E-state index contributed by atoms with van der Waals surface area (Å²) in [5.41, 5.74) is 6.40. The highest BCUT2D eigenvalue weighted by molar-refractivity contribution is 9.10. The van der Waals surface area contributed by atoms with Gasteiger partial charge in [0.25, 0.3) is 0 Å². The van der Waals surface area contributed by atoms with Crippen molar-refractivity contribution in [3.05, 3.63) is 22.7 Å². The van der Waals surface area contributed by atoms with E-state index in [1.807, 2.05) is 18.2 Å². The molecule has 1 aromatic carbocycles. The second-order valence-electron chi connectivity index (χ2n) is 4.50. The van der Waals surface area contributed by atoms with E-state index in [0.717, 1.165) is 22.5 Å². The average Bonchev–Trinajstić information content (AvgIpc) is 2.13. The van der Waals surface area contributed by atoms with Gasteiger partial charge in [-0.2, -0.15) is 0 Å². The van der Waals surface area contributed by atoms with E-state index in [0.29, 0.717) is 0 Å². The molecule has 0 radical (unpaired) electrons. The van der Waals surface area contributed by atoms with Crippen LogP contribution >= 0.6 is 27.7 Å². The number of ether oxygens (including phenoxy) is 1. The van der Waals surface area contributed by atoms with E-state index in [4.69, 9.17) is 10.5 Å². The van der Waals surface area contributed by atoms with E-state index in [2.05, 4.69) is 36.7 Å². The minimum absolute atomic E-state index is 0.0566. The molecule has 0 aliphatic rings. The maximum Gasteiger partial charge on any atom is 0.0598 e. The third-order valence-corrected chi connectivity index (χ3v) is 3.79. The fraction of sp³-hybridized carbons (Fsp3) is 0.500. The van der Waals surface area contributed by atoms with Crippen LogP contribution in [0.3, 0.4) is 0 Å². The van der Waals surface area contributed by atoms with Gasteiger partial charge >= 0.3 is 0 Å². The molecule has 2 nitrogen and oxygen atoms in total. The van der Waals surface area contributed by atoms with Gasteiger partial charge < -0.3 is 10.5 Å². The van der Waals surface area contributed by atoms with E-state index >= 15 is 0 Å². The molecule has 4 heteroatoms. The van der Waals surface area contributed by atoms with Crippen molar-refractivity contribution in [2.24, 2.45) is 0 Å². The quantitative estimate of drug-likeness (QED) is 0.520. The minimum atomic E-state index is -0.0566. The Morgan fingerprint density at radius 1 is 1.38 bits per heavy atom. The fourth-order valence-corrected chi connectivity index (χ4v) is 2.62. The first-order valence-corrected chi connectivity index (χ1v) is 6.98. The van der Waals surface area contributed by atoms with Crippen LogP contribution in [-0.4, -0.2) is 18.0 Å². The predicted octanol–water partition coefficient (Wildman–Crippen LogP) is 3.94. The Morgan fingerprint density at radius 3 is 2.62 bits per heavy atom. The lowest BCUT2D eigenvalue weighted by atomic mass is 10.2. The van der Waals surface area contributed by atoms with Gasteiger partial charge in [-0.15, -0.1) is 11.8 Å².